The topological polar surface area (TPSA) is 159 Å². The second kappa shape index (κ2) is 7.85. The van der Waals surface area contributed by atoms with Gasteiger partial charge in [0.2, 0.25) is 0 Å². The Morgan fingerprint density at radius 2 is 1.88 bits per heavy atom. The number of carbonyl (C=O) groups is 2. The van der Waals surface area contributed by atoms with Gasteiger partial charge in [0.1, 0.15) is 0 Å². The van der Waals surface area contributed by atoms with Crippen LogP contribution in [0.15, 0.2) is 18.2 Å². The first-order chi connectivity index (χ1) is 11.2. The average Bonchev–Trinajstić information content (AvgIpc) is 2.51. The summed E-state index contributed by atoms with van der Waals surface area (Å²) in [6.45, 7) is 3.24. The van der Waals surface area contributed by atoms with Gasteiger partial charge in [-0.15, -0.1) is 0 Å². The van der Waals surface area contributed by atoms with E-state index in [4.69, 9.17) is 14.6 Å². The van der Waals surface area contributed by atoms with E-state index in [2.05, 4.69) is 0 Å². The Morgan fingerprint density at radius 1 is 1.25 bits per heavy atom. The van der Waals surface area contributed by atoms with Gasteiger partial charge in [0.25, 0.3) is 11.8 Å². The van der Waals surface area contributed by atoms with Gasteiger partial charge >= 0.3 is 17.6 Å². The molecular weight excluding hydrogens is 328 g/mol. The molecule has 24 heavy (non-hydrogen) atoms. The fourth-order valence-corrected chi connectivity index (χ4v) is 1.53. The summed E-state index contributed by atoms with van der Waals surface area (Å²) in [7, 11) is 0. The molecule has 0 fully saturated rings. The van der Waals surface area contributed by atoms with Crippen LogP contribution in [0.25, 0.3) is 0 Å². The zero-order valence-electron chi connectivity index (χ0n) is 12.7. The fraction of sp³-hybridized carbons (Fsp3) is 0.385. The minimum Gasteiger partial charge on any atom is -0.478 e. The Bertz CT molecular complexity index is 673. The summed E-state index contributed by atoms with van der Waals surface area (Å²) in [5.41, 5.74) is -1.42. The van der Waals surface area contributed by atoms with Crippen LogP contribution in [0, 0.1) is 20.2 Å². The monoisotopic (exact) mass is 342 g/mol. The Labute approximate surface area is 135 Å². The third-order valence-corrected chi connectivity index (χ3v) is 2.93. The number of nitro benzene ring substituents is 2. The maximum absolute atomic E-state index is 11.8. The van der Waals surface area contributed by atoms with E-state index in [0.29, 0.717) is 12.5 Å². The quantitative estimate of drug-likeness (QED) is 0.321. The van der Waals surface area contributed by atoms with Gasteiger partial charge < -0.3 is 14.6 Å². The van der Waals surface area contributed by atoms with E-state index < -0.39 is 51.1 Å². The zero-order valence-corrected chi connectivity index (χ0v) is 12.7. The highest BCUT2D eigenvalue weighted by Gasteiger charge is 2.34. The summed E-state index contributed by atoms with van der Waals surface area (Å²) in [5, 5.41) is 30.7. The molecule has 0 aliphatic carbocycles. The Morgan fingerprint density at radius 3 is 2.33 bits per heavy atom. The lowest BCUT2D eigenvalue weighted by Crippen LogP contribution is -2.38. The Kier molecular flexibility index (Phi) is 6.15. The van der Waals surface area contributed by atoms with Crippen molar-refractivity contribution in [3.05, 3.63) is 38.4 Å². The van der Waals surface area contributed by atoms with E-state index in [1.165, 1.54) is 6.92 Å². The largest absolute Gasteiger partial charge is 0.478 e. The van der Waals surface area contributed by atoms with Crippen molar-refractivity contribution in [3.8, 4) is 5.75 Å². The number of nitrogens with zero attached hydrogens (tertiary/aromatic N) is 2. The fourth-order valence-electron chi connectivity index (χ4n) is 1.53. The van der Waals surface area contributed by atoms with Crippen LogP contribution >= 0.6 is 0 Å². The van der Waals surface area contributed by atoms with Gasteiger partial charge in [-0.2, -0.15) is 0 Å². The lowest BCUT2D eigenvalue weighted by Gasteiger charge is -2.17. The van der Waals surface area contributed by atoms with Gasteiger partial charge in [-0.25, -0.2) is 9.59 Å². The standard InChI is InChI=1S/C13H14N2O9/c1-3-7(2)23-13(18)11(12(16)17)24-10-5-4-8(14(19)20)6-9(10)15(21)22/h4-7,11H,3H2,1-2H3,(H,16,17). The van der Waals surface area contributed by atoms with E-state index in [0.717, 1.165) is 12.1 Å². The molecule has 0 spiro atoms. The van der Waals surface area contributed by atoms with Gasteiger partial charge in [-0.3, -0.25) is 20.2 Å². The number of rotatable bonds is 8. The predicted octanol–water partition coefficient (Wildman–Crippen LogP) is 1.68. The van der Waals surface area contributed by atoms with Gasteiger partial charge in [-0.05, 0) is 19.4 Å². The Balaban J connectivity index is 3.14. The van der Waals surface area contributed by atoms with Crippen molar-refractivity contribution in [2.45, 2.75) is 32.5 Å². The number of ether oxygens (including phenoxy) is 2. The van der Waals surface area contributed by atoms with Crippen molar-refractivity contribution in [1.29, 1.82) is 0 Å². The number of hydrogen-bond donors (Lipinski definition) is 1. The summed E-state index contributed by atoms with van der Waals surface area (Å²) in [4.78, 5) is 42.8. The summed E-state index contributed by atoms with van der Waals surface area (Å²) < 4.78 is 9.71. The number of benzene rings is 1. The van der Waals surface area contributed by atoms with E-state index >= 15 is 0 Å². The van der Waals surface area contributed by atoms with Crippen LogP contribution in [0.5, 0.6) is 5.75 Å². The van der Waals surface area contributed by atoms with E-state index in [1.807, 2.05) is 0 Å². The van der Waals surface area contributed by atoms with Crippen LogP contribution < -0.4 is 4.74 Å². The SMILES string of the molecule is CCC(C)OC(=O)C(Oc1ccc([N+](=O)[O-])cc1[N+](=O)[O-])C(=O)O. The molecule has 0 radical (unpaired) electrons. The molecule has 1 aromatic rings. The summed E-state index contributed by atoms with van der Waals surface area (Å²) >= 11 is 0. The highest BCUT2D eigenvalue weighted by Crippen LogP contribution is 2.31. The summed E-state index contributed by atoms with van der Waals surface area (Å²) in [6, 6.07) is 2.35. The molecule has 2 unspecified atom stereocenters. The third-order valence-electron chi connectivity index (χ3n) is 2.93. The molecule has 0 heterocycles. The van der Waals surface area contributed by atoms with Gasteiger partial charge in [0, 0.05) is 6.07 Å². The molecule has 0 aliphatic heterocycles. The maximum atomic E-state index is 11.8. The molecule has 1 aromatic carbocycles. The molecule has 0 saturated carbocycles. The van der Waals surface area contributed by atoms with Crippen LogP contribution in [-0.2, 0) is 14.3 Å². The predicted molar refractivity (Wildman–Crippen MR) is 77.6 cm³/mol. The molecule has 0 amide bonds. The lowest BCUT2D eigenvalue weighted by molar-refractivity contribution is -0.394. The minimum absolute atomic E-state index is 0.426. The maximum Gasteiger partial charge on any atom is 0.359 e. The first-order valence-corrected chi connectivity index (χ1v) is 6.70. The second-order valence-corrected chi connectivity index (χ2v) is 4.66. The smallest absolute Gasteiger partial charge is 0.359 e. The van der Waals surface area contributed by atoms with Crippen molar-refractivity contribution in [1.82, 2.24) is 0 Å². The molecular formula is C13H14N2O9. The van der Waals surface area contributed by atoms with E-state index in [-0.39, 0.29) is 0 Å². The van der Waals surface area contributed by atoms with Crippen molar-refractivity contribution < 1.29 is 34.0 Å². The molecule has 130 valence electrons. The number of non-ortho nitro benzene ring substituents is 1. The number of nitro groups is 2. The molecule has 0 aliphatic rings. The highest BCUT2D eigenvalue weighted by atomic mass is 16.6. The normalized spacial score (nSPS) is 12.8. The van der Waals surface area contributed by atoms with Gasteiger partial charge in [-0.1, -0.05) is 6.92 Å². The summed E-state index contributed by atoms with van der Waals surface area (Å²) in [5.74, 6) is -3.54. The second-order valence-electron chi connectivity index (χ2n) is 4.66. The minimum atomic E-state index is -2.14. The summed E-state index contributed by atoms with van der Waals surface area (Å²) in [6.07, 6.45) is -2.29. The van der Waals surface area contributed by atoms with Gasteiger partial charge in [0.05, 0.1) is 22.0 Å². The first kappa shape index (κ1) is 18.8. The van der Waals surface area contributed by atoms with Crippen molar-refractivity contribution >= 4 is 23.3 Å². The molecule has 0 aromatic heterocycles. The lowest BCUT2D eigenvalue weighted by atomic mass is 10.2. The van der Waals surface area contributed by atoms with E-state index in [9.17, 15) is 29.8 Å². The molecule has 0 saturated heterocycles. The molecule has 1 rings (SSSR count). The van der Waals surface area contributed by atoms with Crippen molar-refractivity contribution in [2.24, 2.45) is 0 Å². The number of esters is 1. The van der Waals surface area contributed by atoms with Crippen molar-refractivity contribution in [2.75, 3.05) is 0 Å². The number of carboxylic acids is 1. The Hall–Kier alpha value is -3.24. The first-order valence-electron chi connectivity index (χ1n) is 6.70. The van der Waals surface area contributed by atoms with Crippen LogP contribution in [-0.4, -0.2) is 39.1 Å². The molecule has 2 atom stereocenters. The molecule has 11 nitrogen and oxygen atoms in total. The van der Waals surface area contributed by atoms with Crippen LogP contribution in [0.2, 0.25) is 0 Å². The van der Waals surface area contributed by atoms with Gasteiger partial charge in [0.15, 0.2) is 5.75 Å². The number of hydrogen-bond acceptors (Lipinski definition) is 8. The zero-order chi connectivity index (χ0) is 18.4. The van der Waals surface area contributed by atoms with E-state index in [1.54, 1.807) is 6.92 Å². The van der Waals surface area contributed by atoms with Crippen LogP contribution in [0.3, 0.4) is 0 Å². The van der Waals surface area contributed by atoms with Crippen LogP contribution in [0.4, 0.5) is 11.4 Å². The third kappa shape index (κ3) is 4.63. The number of carbonyl (C=O) groups excluding carboxylic acids is 1. The molecule has 1 N–H and O–H groups in total. The number of aliphatic carboxylic acids is 1. The van der Waals surface area contributed by atoms with Crippen molar-refractivity contribution in [3.63, 3.8) is 0 Å². The number of carboxylic acid groups (broad SMARTS) is 1. The molecule has 11 heteroatoms. The van der Waals surface area contributed by atoms with Crippen LogP contribution in [0.1, 0.15) is 20.3 Å². The molecule has 0 bridgehead atoms. The highest BCUT2D eigenvalue weighted by molar-refractivity contribution is 5.97. The average molecular weight is 342 g/mol.